The lowest BCUT2D eigenvalue weighted by Gasteiger charge is -2.33. The molecule has 0 saturated heterocycles. The maximum Gasteiger partial charge on any atom is 0.101 e. The fourth-order valence-corrected chi connectivity index (χ4v) is 2.59. The number of hydrogen-bond donors (Lipinski definition) is 0. The molecule has 0 atom stereocenters. The van der Waals surface area contributed by atoms with Gasteiger partial charge in [-0.25, -0.2) is 0 Å². The third kappa shape index (κ3) is 2.81. The van der Waals surface area contributed by atoms with Crippen LogP contribution < -0.4 is 4.90 Å². The Morgan fingerprint density at radius 1 is 1.47 bits per heavy atom. The van der Waals surface area contributed by atoms with E-state index in [2.05, 4.69) is 39.9 Å². The molecule has 1 fully saturated rings. The van der Waals surface area contributed by atoms with Gasteiger partial charge in [0.2, 0.25) is 0 Å². The SMILES string of the molecule is CCN(CC1CCC1)c1cc(Br)ccc1C#N. The molecule has 1 aromatic rings. The Morgan fingerprint density at radius 3 is 2.76 bits per heavy atom. The summed E-state index contributed by atoms with van der Waals surface area (Å²) in [7, 11) is 0. The Hall–Kier alpha value is -1.01. The Balaban J connectivity index is 2.22. The first-order valence-electron chi connectivity index (χ1n) is 6.19. The van der Waals surface area contributed by atoms with E-state index < -0.39 is 0 Å². The van der Waals surface area contributed by atoms with Crippen molar-refractivity contribution in [3.8, 4) is 6.07 Å². The van der Waals surface area contributed by atoms with Gasteiger partial charge in [-0.15, -0.1) is 0 Å². The largest absolute Gasteiger partial charge is 0.370 e. The number of halogens is 1. The lowest BCUT2D eigenvalue weighted by atomic mass is 9.85. The number of nitrogens with zero attached hydrogens (tertiary/aromatic N) is 2. The van der Waals surface area contributed by atoms with E-state index in [1.54, 1.807) is 0 Å². The van der Waals surface area contributed by atoms with Crippen LogP contribution in [0.15, 0.2) is 22.7 Å². The van der Waals surface area contributed by atoms with Crippen molar-refractivity contribution in [2.75, 3.05) is 18.0 Å². The van der Waals surface area contributed by atoms with E-state index in [0.717, 1.165) is 34.7 Å². The molecular formula is C14H17BrN2. The lowest BCUT2D eigenvalue weighted by Crippen LogP contribution is -2.32. The molecule has 0 aromatic heterocycles. The summed E-state index contributed by atoms with van der Waals surface area (Å²) < 4.78 is 1.04. The van der Waals surface area contributed by atoms with Gasteiger partial charge >= 0.3 is 0 Å². The number of anilines is 1. The zero-order valence-electron chi connectivity index (χ0n) is 10.1. The first kappa shape index (κ1) is 12.4. The average Bonchev–Trinajstić information content (AvgIpc) is 2.28. The van der Waals surface area contributed by atoms with Crippen LogP contribution in [0.4, 0.5) is 5.69 Å². The van der Waals surface area contributed by atoms with Crippen LogP contribution in [0.1, 0.15) is 31.7 Å². The monoisotopic (exact) mass is 292 g/mol. The molecule has 0 aliphatic heterocycles. The molecule has 17 heavy (non-hydrogen) atoms. The van der Waals surface area contributed by atoms with Crippen molar-refractivity contribution in [3.05, 3.63) is 28.2 Å². The number of nitriles is 1. The molecule has 3 heteroatoms. The second kappa shape index (κ2) is 5.55. The minimum atomic E-state index is 0.773. The van der Waals surface area contributed by atoms with Crippen LogP contribution in [-0.2, 0) is 0 Å². The number of benzene rings is 1. The quantitative estimate of drug-likeness (QED) is 0.840. The van der Waals surface area contributed by atoms with Crippen LogP contribution >= 0.6 is 15.9 Å². The van der Waals surface area contributed by atoms with Gasteiger partial charge in [-0.3, -0.25) is 0 Å². The molecule has 1 aromatic carbocycles. The molecule has 0 amide bonds. The summed E-state index contributed by atoms with van der Waals surface area (Å²) in [6.07, 6.45) is 4.05. The summed E-state index contributed by atoms with van der Waals surface area (Å²) in [5.41, 5.74) is 1.84. The highest BCUT2D eigenvalue weighted by atomic mass is 79.9. The van der Waals surface area contributed by atoms with Crippen LogP contribution in [-0.4, -0.2) is 13.1 Å². The molecule has 1 aliphatic rings. The minimum absolute atomic E-state index is 0.773. The highest BCUT2D eigenvalue weighted by Gasteiger charge is 2.21. The summed E-state index contributed by atoms with van der Waals surface area (Å²) in [5.74, 6) is 0.820. The minimum Gasteiger partial charge on any atom is -0.370 e. The first-order valence-corrected chi connectivity index (χ1v) is 6.98. The van der Waals surface area contributed by atoms with Gasteiger partial charge in [-0.05, 0) is 43.9 Å². The Morgan fingerprint density at radius 2 is 2.24 bits per heavy atom. The van der Waals surface area contributed by atoms with Crippen molar-refractivity contribution in [1.82, 2.24) is 0 Å². The van der Waals surface area contributed by atoms with Gasteiger partial charge in [-0.1, -0.05) is 22.4 Å². The van der Waals surface area contributed by atoms with Gasteiger partial charge in [0.1, 0.15) is 6.07 Å². The van der Waals surface area contributed by atoms with Crippen molar-refractivity contribution >= 4 is 21.6 Å². The van der Waals surface area contributed by atoms with E-state index >= 15 is 0 Å². The van der Waals surface area contributed by atoms with Crippen LogP contribution in [0, 0.1) is 17.2 Å². The van der Waals surface area contributed by atoms with Gasteiger partial charge in [0.15, 0.2) is 0 Å². The average molecular weight is 293 g/mol. The summed E-state index contributed by atoms with van der Waals surface area (Å²) in [6, 6.07) is 8.16. The van der Waals surface area contributed by atoms with Crippen molar-refractivity contribution < 1.29 is 0 Å². The van der Waals surface area contributed by atoms with Crippen molar-refractivity contribution in [1.29, 1.82) is 5.26 Å². The second-order valence-corrected chi connectivity index (χ2v) is 5.52. The van der Waals surface area contributed by atoms with E-state index in [1.807, 2.05) is 12.1 Å². The van der Waals surface area contributed by atoms with Crippen LogP contribution in [0.25, 0.3) is 0 Å². The van der Waals surface area contributed by atoms with Crippen molar-refractivity contribution in [2.24, 2.45) is 5.92 Å². The third-order valence-electron chi connectivity index (χ3n) is 3.51. The van der Waals surface area contributed by atoms with E-state index in [-0.39, 0.29) is 0 Å². The van der Waals surface area contributed by atoms with Gasteiger partial charge in [0.25, 0.3) is 0 Å². The van der Waals surface area contributed by atoms with E-state index in [4.69, 9.17) is 5.26 Å². The Labute approximate surface area is 111 Å². The van der Waals surface area contributed by atoms with Crippen LogP contribution in [0.2, 0.25) is 0 Å². The third-order valence-corrected chi connectivity index (χ3v) is 4.00. The predicted octanol–water partition coefficient (Wildman–Crippen LogP) is 3.95. The van der Waals surface area contributed by atoms with Gasteiger partial charge < -0.3 is 4.90 Å². The molecule has 0 N–H and O–H groups in total. The zero-order valence-corrected chi connectivity index (χ0v) is 11.7. The standard InChI is InChI=1S/C14H17BrN2/c1-2-17(10-11-4-3-5-11)14-8-13(15)7-6-12(14)9-16/h6-8,11H,2-5,10H2,1H3. The predicted molar refractivity (Wildman–Crippen MR) is 74.1 cm³/mol. The van der Waals surface area contributed by atoms with Gasteiger partial charge in [-0.2, -0.15) is 5.26 Å². The molecule has 0 heterocycles. The molecule has 0 radical (unpaired) electrons. The Kier molecular flexibility index (Phi) is 4.06. The summed E-state index contributed by atoms with van der Waals surface area (Å²) in [6.45, 7) is 4.20. The Bertz CT molecular complexity index is 432. The summed E-state index contributed by atoms with van der Waals surface area (Å²) in [5, 5.41) is 9.17. The molecule has 2 nitrogen and oxygen atoms in total. The molecule has 1 saturated carbocycles. The molecule has 1 aliphatic carbocycles. The summed E-state index contributed by atoms with van der Waals surface area (Å²) in [4.78, 5) is 2.33. The highest BCUT2D eigenvalue weighted by Crippen LogP contribution is 2.31. The zero-order chi connectivity index (χ0) is 12.3. The van der Waals surface area contributed by atoms with E-state index in [1.165, 1.54) is 19.3 Å². The van der Waals surface area contributed by atoms with Crippen molar-refractivity contribution in [2.45, 2.75) is 26.2 Å². The van der Waals surface area contributed by atoms with Crippen molar-refractivity contribution in [3.63, 3.8) is 0 Å². The lowest BCUT2D eigenvalue weighted by molar-refractivity contribution is 0.318. The topological polar surface area (TPSA) is 27.0 Å². The second-order valence-electron chi connectivity index (χ2n) is 4.61. The molecule has 2 rings (SSSR count). The smallest absolute Gasteiger partial charge is 0.101 e. The number of rotatable bonds is 4. The van der Waals surface area contributed by atoms with E-state index in [9.17, 15) is 0 Å². The van der Waals surface area contributed by atoms with Crippen LogP contribution in [0.5, 0.6) is 0 Å². The van der Waals surface area contributed by atoms with E-state index in [0.29, 0.717) is 0 Å². The molecule has 90 valence electrons. The molecule has 0 spiro atoms. The fraction of sp³-hybridized carbons (Fsp3) is 0.500. The van der Waals surface area contributed by atoms with Gasteiger partial charge in [0.05, 0.1) is 11.3 Å². The fourth-order valence-electron chi connectivity index (χ4n) is 2.25. The van der Waals surface area contributed by atoms with Crippen LogP contribution in [0.3, 0.4) is 0 Å². The molecule has 0 unspecified atom stereocenters. The normalized spacial score (nSPS) is 15.1. The van der Waals surface area contributed by atoms with Gasteiger partial charge in [0, 0.05) is 17.6 Å². The maximum atomic E-state index is 9.17. The number of hydrogen-bond acceptors (Lipinski definition) is 2. The highest BCUT2D eigenvalue weighted by molar-refractivity contribution is 9.10. The molecule has 0 bridgehead atoms. The molecular weight excluding hydrogens is 276 g/mol. The first-order chi connectivity index (χ1) is 8.24. The summed E-state index contributed by atoms with van der Waals surface area (Å²) >= 11 is 3.48. The maximum absolute atomic E-state index is 9.17.